The van der Waals surface area contributed by atoms with E-state index in [0.717, 1.165) is 22.4 Å². The minimum Gasteiger partial charge on any atom is -0.379 e. The third-order valence-electron chi connectivity index (χ3n) is 4.27. The topological polar surface area (TPSA) is 29.9 Å². The van der Waals surface area contributed by atoms with Gasteiger partial charge < -0.3 is 5.32 Å². The molecule has 0 aliphatic heterocycles. The number of aryl methyl sites for hydroxylation is 1. The number of nitrogens with one attached hydrogen (secondary N) is 1. The third-order valence-corrected chi connectivity index (χ3v) is 4.77. The lowest BCUT2D eigenvalue weighted by Gasteiger charge is -2.21. The summed E-state index contributed by atoms with van der Waals surface area (Å²) in [6.45, 7) is 2.90. The second-order valence-corrected chi connectivity index (χ2v) is 6.81. The Balaban J connectivity index is 1.63. The zero-order valence-corrected chi connectivity index (χ0v) is 14.1. The molecule has 21 heavy (non-hydrogen) atoms. The standard InChI is InChI=1S/C17H22BrN3/c1-13-7-8-14(18)11-17(13)19-12-15-9-10-21(20-15)16-5-3-2-4-6-16/h7-11,16,19H,2-6,12H2,1H3. The first-order chi connectivity index (χ1) is 10.2. The Morgan fingerprint density at radius 2 is 2.05 bits per heavy atom. The van der Waals surface area contributed by atoms with Crippen LogP contribution in [0.15, 0.2) is 34.9 Å². The molecule has 3 nitrogen and oxygen atoms in total. The quantitative estimate of drug-likeness (QED) is 0.836. The van der Waals surface area contributed by atoms with Gasteiger partial charge in [0, 0.05) is 16.4 Å². The van der Waals surface area contributed by atoms with Crippen LogP contribution in [0, 0.1) is 6.92 Å². The maximum Gasteiger partial charge on any atom is 0.0815 e. The molecule has 0 radical (unpaired) electrons. The zero-order chi connectivity index (χ0) is 14.7. The minimum atomic E-state index is 0.611. The first-order valence-corrected chi connectivity index (χ1v) is 8.56. The molecule has 1 aromatic heterocycles. The summed E-state index contributed by atoms with van der Waals surface area (Å²) >= 11 is 3.52. The van der Waals surface area contributed by atoms with Crippen LogP contribution in [0.3, 0.4) is 0 Å². The molecule has 1 saturated carbocycles. The molecule has 1 heterocycles. The summed E-state index contributed by atoms with van der Waals surface area (Å²) in [4.78, 5) is 0. The van der Waals surface area contributed by atoms with Gasteiger partial charge in [0.15, 0.2) is 0 Å². The largest absolute Gasteiger partial charge is 0.379 e. The molecule has 2 aromatic rings. The van der Waals surface area contributed by atoms with Crippen LogP contribution in [0.25, 0.3) is 0 Å². The van der Waals surface area contributed by atoms with Gasteiger partial charge in [0.1, 0.15) is 0 Å². The normalized spacial score (nSPS) is 16.1. The fourth-order valence-electron chi connectivity index (χ4n) is 2.99. The number of rotatable bonds is 4. The molecule has 0 saturated heterocycles. The third kappa shape index (κ3) is 3.67. The number of hydrogen-bond donors (Lipinski definition) is 1. The van der Waals surface area contributed by atoms with Gasteiger partial charge in [-0.1, -0.05) is 41.3 Å². The number of halogens is 1. The van der Waals surface area contributed by atoms with Gasteiger partial charge >= 0.3 is 0 Å². The van der Waals surface area contributed by atoms with Gasteiger partial charge in [0.05, 0.1) is 18.3 Å². The van der Waals surface area contributed by atoms with Crippen LogP contribution in [-0.2, 0) is 6.54 Å². The number of aromatic nitrogens is 2. The van der Waals surface area contributed by atoms with E-state index in [2.05, 4.69) is 63.3 Å². The van der Waals surface area contributed by atoms with Crippen molar-refractivity contribution in [3.05, 3.63) is 46.2 Å². The van der Waals surface area contributed by atoms with E-state index < -0.39 is 0 Å². The van der Waals surface area contributed by atoms with Gasteiger partial charge in [-0.2, -0.15) is 5.10 Å². The van der Waals surface area contributed by atoms with Crippen molar-refractivity contribution in [2.45, 2.75) is 51.6 Å². The molecule has 1 aliphatic rings. The monoisotopic (exact) mass is 347 g/mol. The Hall–Kier alpha value is -1.29. The average Bonchev–Trinajstić information content (AvgIpc) is 2.98. The van der Waals surface area contributed by atoms with Crippen LogP contribution in [0.2, 0.25) is 0 Å². The van der Waals surface area contributed by atoms with Crippen LogP contribution in [0.4, 0.5) is 5.69 Å². The lowest BCUT2D eigenvalue weighted by atomic mass is 9.96. The molecule has 0 unspecified atom stereocenters. The molecule has 0 atom stereocenters. The summed E-state index contributed by atoms with van der Waals surface area (Å²) in [5.41, 5.74) is 3.53. The summed E-state index contributed by atoms with van der Waals surface area (Å²) in [6.07, 6.45) is 8.76. The molecular weight excluding hydrogens is 326 g/mol. The number of anilines is 1. The summed E-state index contributed by atoms with van der Waals surface area (Å²) in [5.74, 6) is 0. The Kier molecular flexibility index (Phi) is 4.63. The molecule has 1 aromatic carbocycles. The second kappa shape index (κ2) is 6.65. The van der Waals surface area contributed by atoms with Crippen molar-refractivity contribution in [3.8, 4) is 0 Å². The maximum absolute atomic E-state index is 4.74. The first kappa shape index (κ1) is 14.6. The first-order valence-electron chi connectivity index (χ1n) is 7.76. The van der Waals surface area contributed by atoms with Gasteiger partial charge in [-0.15, -0.1) is 0 Å². The Bertz CT molecular complexity index is 600. The molecule has 3 rings (SSSR count). The highest BCUT2D eigenvalue weighted by Crippen LogP contribution is 2.27. The highest BCUT2D eigenvalue weighted by Gasteiger charge is 2.15. The van der Waals surface area contributed by atoms with Crippen molar-refractivity contribution in [2.75, 3.05) is 5.32 Å². The van der Waals surface area contributed by atoms with Gasteiger partial charge in [-0.05, 0) is 43.5 Å². The van der Waals surface area contributed by atoms with Gasteiger partial charge in [-0.25, -0.2) is 0 Å². The second-order valence-electron chi connectivity index (χ2n) is 5.89. The number of hydrogen-bond acceptors (Lipinski definition) is 2. The molecule has 0 bridgehead atoms. The average molecular weight is 348 g/mol. The van der Waals surface area contributed by atoms with E-state index in [1.165, 1.54) is 37.7 Å². The SMILES string of the molecule is Cc1ccc(Br)cc1NCc1ccn(C2CCCCC2)n1. The predicted molar refractivity (Wildman–Crippen MR) is 90.6 cm³/mol. The highest BCUT2D eigenvalue weighted by molar-refractivity contribution is 9.10. The Morgan fingerprint density at radius 1 is 1.24 bits per heavy atom. The van der Waals surface area contributed by atoms with Crippen LogP contribution in [0.5, 0.6) is 0 Å². The van der Waals surface area contributed by atoms with E-state index in [1.54, 1.807) is 0 Å². The lowest BCUT2D eigenvalue weighted by Crippen LogP contribution is -2.13. The molecule has 1 fully saturated rings. The van der Waals surface area contributed by atoms with Crippen molar-refractivity contribution in [3.63, 3.8) is 0 Å². The van der Waals surface area contributed by atoms with Crippen molar-refractivity contribution >= 4 is 21.6 Å². The predicted octanol–water partition coefficient (Wildman–Crippen LogP) is 5.07. The number of benzene rings is 1. The highest BCUT2D eigenvalue weighted by atomic mass is 79.9. The molecule has 112 valence electrons. The maximum atomic E-state index is 4.74. The fourth-order valence-corrected chi connectivity index (χ4v) is 3.35. The smallest absolute Gasteiger partial charge is 0.0815 e. The lowest BCUT2D eigenvalue weighted by molar-refractivity contribution is 0.328. The number of nitrogens with zero attached hydrogens (tertiary/aromatic N) is 2. The molecule has 1 N–H and O–H groups in total. The molecule has 0 spiro atoms. The Labute approximate surface area is 134 Å². The minimum absolute atomic E-state index is 0.611. The van der Waals surface area contributed by atoms with Crippen LogP contribution >= 0.6 is 15.9 Å². The zero-order valence-electron chi connectivity index (χ0n) is 12.5. The van der Waals surface area contributed by atoms with E-state index >= 15 is 0 Å². The molecule has 1 aliphatic carbocycles. The Morgan fingerprint density at radius 3 is 2.86 bits per heavy atom. The van der Waals surface area contributed by atoms with E-state index in [1.807, 2.05) is 0 Å². The summed E-state index contributed by atoms with van der Waals surface area (Å²) < 4.78 is 3.27. The molecule has 4 heteroatoms. The van der Waals surface area contributed by atoms with Crippen molar-refractivity contribution in [1.82, 2.24) is 9.78 Å². The van der Waals surface area contributed by atoms with Crippen LogP contribution < -0.4 is 5.32 Å². The molecular formula is C17H22BrN3. The summed E-state index contributed by atoms with van der Waals surface area (Å²) in [5, 5.41) is 8.22. The van der Waals surface area contributed by atoms with Crippen molar-refractivity contribution in [1.29, 1.82) is 0 Å². The molecule has 0 amide bonds. The van der Waals surface area contributed by atoms with Crippen LogP contribution in [0.1, 0.15) is 49.4 Å². The van der Waals surface area contributed by atoms with E-state index in [-0.39, 0.29) is 0 Å². The van der Waals surface area contributed by atoms with Crippen molar-refractivity contribution < 1.29 is 0 Å². The fraction of sp³-hybridized carbons (Fsp3) is 0.471. The van der Waals surface area contributed by atoms with E-state index in [4.69, 9.17) is 5.10 Å². The van der Waals surface area contributed by atoms with Gasteiger partial charge in [-0.3, -0.25) is 4.68 Å². The van der Waals surface area contributed by atoms with E-state index in [9.17, 15) is 0 Å². The summed E-state index contributed by atoms with van der Waals surface area (Å²) in [7, 11) is 0. The van der Waals surface area contributed by atoms with Gasteiger partial charge in [0.2, 0.25) is 0 Å². The summed E-state index contributed by atoms with van der Waals surface area (Å²) in [6, 6.07) is 9.05. The van der Waals surface area contributed by atoms with Crippen molar-refractivity contribution in [2.24, 2.45) is 0 Å². The van der Waals surface area contributed by atoms with Crippen LogP contribution in [-0.4, -0.2) is 9.78 Å². The van der Waals surface area contributed by atoms with Gasteiger partial charge in [0.25, 0.3) is 0 Å². The van der Waals surface area contributed by atoms with E-state index in [0.29, 0.717) is 6.04 Å².